The van der Waals surface area contributed by atoms with Crippen molar-refractivity contribution in [1.29, 1.82) is 0 Å². The number of nitrogens with one attached hydrogen (secondary N) is 1. The van der Waals surface area contributed by atoms with Crippen LogP contribution in [0.5, 0.6) is 0 Å². The number of benzene rings is 1. The lowest BCUT2D eigenvalue weighted by Gasteiger charge is -2.30. The zero-order valence-corrected chi connectivity index (χ0v) is 16.7. The van der Waals surface area contributed by atoms with Crippen molar-refractivity contribution in [2.24, 2.45) is 17.6 Å². The van der Waals surface area contributed by atoms with Crippen LogP contribution in [-0.4, -0.2) is 45.1 Å². The van der Waals surface area contributed by atoms with E-state index in [2.05, 4.69) is 10.4 Å². The van der Waals surface area contributed by atoms with Gasteiger partial charge in [0.15, 0.2) is 0 Å². The molecule has 10 heteroatoms. The maximum Gasteiger partial charge on any atom is 0.318 e. The van der Waals surface area contributed by atoms with Crippen LogP contribution >= 0.6 is 11.6 Å². The molecular formula is C20H20ClF2N5O2. The van der Waals surface area contributed by atoms with Crippen LogP contribution in [0.4, 0.5) is 13.6 Å². The van der Waals surface area contributed by atoms with E-state index in [1.54, 1.807) is 33.8 Å². The van der Waals surface area contributed by atoms with E-state index in [-0.39, 0.29) is 24.2 Å². The van der Waals surface area contributed by atoms with E-state index in [0.717, 1.165) is 0 Å². The summed E-state index contributed by atoms with van der Waals surface area (Å²) in [6.07, 6.45) is 0.612. The van der Waals surface area contributed by atoms with Gasteiger partial charge in [0.2, 0.25) is 0 Å². The van der Waals surface area contributed by atoms with Gasteiger partial charge in [0, 0.05) is 35.0 Å². The fourth-order valence-corrected chi connectivity index (χ4v) is 4.97. The Bertz CT molecular complexity index is 1040. The lowest BCUT2D eigenvalue weighted by molar-refractivity contribution is 0.0672. The molecule has 158 valence electrons. The third-order valence-corrected chi connectivity index (χ3v) is 6.62. The van der Waals surface area contributed by atoms with Gasteiger partial charge in [-0.05, 0) is 25.0 Å². The lowest BCUT2D eigenvalue weighted by Crippen LogP contribution is -2.48. The summed E-state index contributed by atoms with van der Waals surface area (Å²) in [5, 5.41) is 7.90. The average molecular weight is 436 g/mol. The van der Waals surface area contributed by atoms with Gasteiger partial charge in [-0.15, -0.1) is 0 Å². The Morgan fingerprint density at radius 1 is 1.23 bits per heavy atom. The van der Waals surface area contributed by atoms with Crippen molar-refractivity contribution in [3.05, 3.63) is 40.5 Å². The van der Waals surface area contributed by atoms with Crippen molar-refractivity contribution in [2.75, 3.05) is 6.54 Å². The molecule has 3 amide bonds. The van der Waals surface area contributed by atoms with Crippen LogP contribution in [-0.2, 0) is 13.1 Å². The van der Waals surface area contributed by atoms with Crippen LogP contribution in [0.3, 0.4) is 0 Å². The number of carbonyl (C=O) groups is 2. The van der Waals surface area contributed by atoms with Crippen molar-refractivity contribution in [3.8, 4) is 11.3 Å². The van der Waals surface area contributed by atoms with E-state index in [1.807, 2.05) is 0 Å². The molecule has 2 saturated carbocycles. The topological polar surface area (TPSA) is 93.2 Å². The van der Waals surface area contributed by atoms with Crippen LogP contribution in [0.1, 0.15) is 28.9 Å². The van der Waals surface area contributed by atoms with Crippen LogP contribution in [0.2, 0.25) is 5.02 Å². The van der Waals surface area contributed by atoms with Gasteiger partial charge >= 0.3 is 6.03 Å². The molecule has 3 N–H and O–H groups in total. The van der Waals surface area contributed by atoms with Crippen LogP contribution in [0.15, 0.2) is 24.3 Å². The van der Waals surface area contributed by atoms with E-state index in [1.165, 1.54) is 0 Å². The summed E-state index contributed by atoms with van der Waals surface area (Å²) < 4.78 is 28.4. The number of nitrogens with two attached hydrogens (primary N) is 1. The fourth-order valence-electron chi connectivity index (χ4n) is 4.78. The molecule has 30 heavy (non-hydrogen) atoms. The van der Waals surface area contributed by atoms with E-state index in [4.69, 9.17) is 17.3 Å². The normalized spacial score (nSPS) is 26.1. The molecule has 2 aliphatic carbocycles. The molecule has 0 unspecified atom stereocenters. The average Bonchev–Trinajstić information content (AvgIpc) is 3.09. The van der Waals surface area contributed by atoms with Crippen molar-refractivity contribution in [1.82, 2.24) is 20.0 Å². The van der Waals surface area contributed by atoms with Crippen molar-refractivity contribution < 1.29 is 18.4 Å². The molecule has 3 aliphatic rings. The van der Waals surface area contributed by atoms with Gasteiger partial charge in [0.1, 0.15) is 5.69 Å². The highest BCUT2D eigenvalue weighted by molar-refractivity contribution is 6.30. The van der Waals surface area contributed by atoms with Gasteiger partial charge in [-0.3, -0.25) is 9.48 Å². The minimum absolute atomic E-state index is 0.160. The number of urea groups is 1. The number of halogens is 3. The largest absolute Gasteiger partial charge is 0.365 e. The number of primary amides is 1. The second-order valence-corrected chi connectivity index (χ2v) is 8.63. The summed E-state index contributed by atoms with van der Waals surface area (Å²) >= 11 is 6.07. The molecule has 1 aliphatic heterocycles. The highest BCUT2D eigenvalue weighted by Crippen LogP contribution is 2.64. The zero-order chi connectivity index (χ0) is 21.2. The first-order valence-electron chi connectivity index (χ1n) is 9.84. The minimum Gasteiger partial charge on any atom is -0.365 e. The van der Waals surface area contributed by atoms with Crippen molar-refractivity contribution in [3.63, 3.8) is 0 Å². The van der Waals surface area contributed by atoms with E-state index in [0.29, 0.717) is 47.9 Å². The molecule has 0 spiro atoms. The quantitative estimate of drug-likeness (QED) is 0.776. The predicted molar refractivity (Wildman–Crippen MR) is 105 cm³/mol. The van der Waals surface area contributed by atoms with E-state index >= 15 is 0 Å². The lowest BCUT2D eigenvalue weighted by atomic mass is 10.0. The Balaban J connectivity index is 1.35. The van der Waals surface area contributed by atoms with Crippen molar-refractivity contribution in [2.45, 2.75) is 37.9 Å². The molecule has 5 rings (SSSR count). The SMILES string of the molecule is NC(=O)c1c(-c2cccc(Cl)c2)nn2c1CN(C(=O)N[C@@H]1C[C@@H]3[C@H](C1)C3(F)F)CC2. The second kappa shape index (κ2) is 6.66. The fraction of sp³-hybridized carbons (Fsp3) is 0.450. The Morgan fingerprint density at radius 3 is 2.63 bits per heavy atom. The number of nitrogens with zero attached hydrogens (tertiary/aromatic N) is 3. The summed E-state index contributed by atoms with van der Waals surface area (Å²) in [4.78, 5) is 26.5. The van der Waals surface area contributed by atoms with Gasteiger partial charge in [0.25, 0.3) is 11.8 Å². The van der Waals surface area contributed by atoms with Crippen LogP contribution in [0, 0.1) is 11.8 Å². The highest BCUT2D eigenvalue weighted by Gasteiger charge is 2.71. The summed E-state index contributed by atoms with van der Waals surface area (Å²) in [6.45, 7) is 0.953. The number of alkyl halides is 2. The first-order valence-corrected chi connectivity index (χ1v) is 10.2. The summed E-state index contributed by atoms with van der Waals surface area (Å²) in [6, 6.07) is 6.41. The standard InChI is InChI=1S/C20H20ClF2N5O2/c21-11-3-1-2-10(6-11)17-16(18(24)29)15-9-27(4-5-28(15)26-17)19(30)25-12-7-13-14(8-12)20(13,22)23/h1-3,6,12-14H,4-5,7-9H2,(H2,24,29)(H,25,30)/t12-,13-,14+. The van der Waals surface area contributed by atoms with Crippen LogP contribution < -0.4 is 11.1 Å². The van der Waals surface area contributed by atoms with Crippen molar-refractivity contribution >= 4 is 23.5 Å². The smallest absolute Gasteiger partial charge is 0.318 e. The predicted octanol–water partition coefficient (Wildman–Crippen LogP) is 2.87. The Kier molecular flexibility index (Phi) is 4.29. The molecule has 3 atom stereocenters. The monoisotopic (exact) mass is 435 g/mol. The summed E-state index contributed by atoms with van der Waals surface area (Å²) in [5.74, 6) is -4.40. The Labute approximate surface area is 176 Å². The number of aromatic nitrogens is 2. The van der Waals surface area contributed by atoms with E-state index < -0.39 is 23.7 Å². The number of rotatable bonds is 3. The second-order valence-electron chi connectivity index (χ2n) is 8.19. The first kappa shape index (κ1) is 19.3. The Hall–Kier alpha value is -2.68. The van der Waals surface area contributed by atoms with Crippen LogP contribution in [0.25, 0.3) is 11.3 Å². The summed E-state index contributed by atoms with van der Waals surface area (Å²) in [5.41, 5.74) is 7.56. The molecule has 2 heterocycles. The number of hydrogen-bond donors (Lipinski definition) is 2. The molecule has 1 aromatic carbocycles. The molecule has 2 fully saturated rings. The van der Waals surface area contributed by atoms with Gasteiger partial charge < -0.3 is 16.0 Å². The van der Waals surface area contributed by atoms with Gasteiger partial charge in [-0.25, -0.2) is 13.6 Å². The number of hydrogen-bond acceptors (Lipinski definition) is 3. The third kappa shape index (κ3) is 3.03. The molecule has 0 saturated heterocycles. The Morgan fingerprint density at radius 2 is 1.97 bits per heavy atom. The number of amides is 3. The van der Waals surface area contributed by atoms with Gasteiger partial charge in [-0.1, -0.05) is 23.7 Å². The number of carbonyl (C=O) groups excluding carboxylic acids is 2. The van der Waals surface area contributed by atoms with Gasteiger partial charge in [-0.2, -0.15) is 5.10 Å². The molecule has 0 bridgehead atoms. The maximum atomic E-state index is 13.4. The molecule has 2 aromatic rings. The summed E-state index contributed by atoms with van der Waals surface area (Å²) in [7, 11) is 0. The molecular weight excluding hydrogens is 416 g/mol. The van der Waals surface area contributed by atoms with Gasteiger partial charge in [0.05, 0.1) is 24.3 Å². The minimum atomic E-state index is -2.56. The molecule has 1 aromatic heterocycles. The number of fused-ring (bicyclic) bond motifs is 2. The zero-order valence-electron chi connectivity index (χ0n) is 15.9. The first-order chi connectivity index (χ1) is 14.3. The van der Waals surface area contributed by atoms with E-state index in [9.17, 15) is 18.4 Å². The molecule has 0 radical (unpaired) electrons. The highest BCUT2D eigenvalue weighted by atomic mass is 35.5. The molecule has 7 nitrogen and oxygen atoms in total. The maximum absolute atomic E-state index is 13.4. The third-order valence-electron chi connectivity index (χ3n) is 6.38.